The summed E-state index contributed by atoms with van der Waals surface area (Å²) in [6.07, 6.45) is 1.58. The molecular formula is C17H16N4O4. The Bertz CT molecular complexity index is 1040. The van der Waals surface area contributed by atoms with Gasteiger partial charge in [0, 0.05) is 18.8 Å². The van der Waals surface area contributed by atoms with Crippen LogP contribution in [0, 0.1) is 0 Å². The molecule has 1 amide bonds. The number of methoxy groups -OCH3 is 1. The molecule has 0 fully saturated rings. The van der Waals surface area contributed by atoms with Crippen molar-refractivity contribution in [3.63, 3.8) is 0 Å². The van der Waals surface area contributed by atoms with E-state index in [1.165, 1.54) is 7.11 Å². The molecule has 8 nitrogen and oxygen atoms in total. The molecule has 2 heterocycles. The first-order chi connectivity index (χ1) is 12.1. The molecule has 8 heteroatoms. The van der Waals surface area contributed by atoms with Gasteiger partial charge in [-0.1, -0.05) is 12.1 Å². The number of H-pyrrole nitrogens is 1. The van der Waals surface area contributed by atoms with Crippen molar-refractivity contribution in [1.82, 2.24) is 20.1 Å². The molecule has 3 rings (SSSR count). The number of amides is 1. The topological polar surface area (TPSA) is 106 Å². The van der Waals surface area contributed by atoms with E-state index in [-0.39, 0.29) is 18.5 Å². The number of nitrogens with zero attached hydrogens (tertiary/aromatic N) is 2. The minimum Gasteiger partial charge on any atom is -0.481 e. The van der Waals surface area contributed by atoms with Gasteiger partial charge in [-0.3, -0.25) is 19.5 Å². The molecule has 0 atom stereocenters. The lowest BCUT2D eigenvalue weighted by Gasteiger charge is -2.09. The van der Waals surface area contributed by atoms with Gasteiger partial charge in [-0.05, 0) is 23.8 Å². The maximum absolute atomic E-state index is 12.4. The molecule has 25 heavy (non-hydrogen) atoms. The van der Waals surface area contributed by atoms with E-state index in [0.29, 0.717) is 11.3 Å². The molecule has 0 aliphatic heterocycles. The van der Waals surface area contributed by atoms with Gasteiger partial charge in [0.1, 0.15) is 6.54 Å². The predicted octanol–water partition coefficient (Wildman–Crippen LogP) is 0.410. The van der Waals surface area contributed by atoms with Crippen molar-refractivity contribution in [1.29, 1.82) is 0 Å². The van der Waals surface area contributed by atoms with E-state index < -0.39 is 17.0 Å². The predicted molar refractivity (Wildman–Crippen MR) is 91.5 cm³/mol. The highest BCUT2D eigenvalue weighted by atomic mass is 16.5. The van der Waals surface area contributed by atoms with Gasteiger partial charge in [0.15, 0.2) is 0 Å². The number of pyridine rings is 1. The summed E-state index contributed by atoms with van der Waals surface area (Å²) in [7, 11) is 1.51. The van der Waals surface area contributed by atoms with Gasteiger partial charge >= 0.3 is 0 Å². The molecule has 3 aromatic rings. The van der Waals surface area contributed by atoms with E-state index in [9.17, 15) is 14.4 Å². The zero-order valence-electron chi connectivity index (χ0n) is 13.5. The van der Waals surface area contributed by atoms with Crippen LogP contribution in [-0.2, 0) is 17.9 Å². The number of benzene rings is 1. The van der Waals surface area contributed by atoms with Crippen LogP contribution in [0.1, 0.15) is 5.56 Å². The van der Waals surface area contributed by atoms with Crippen molar-refractivity contribution >= 4 is 16.7 Å². The van der Waals surface area contributed by atoms with Gasteiger partial charge in [0.05, 0.1) is 17.9 Å². The number of rotatable bonds is 5. The number of ether oxygens (including phenoxy) is 1. The number of aromatic amines is 1. The van der Waals surface area contributed by atoms with Crippen molar-refractivity contribution in [2.45, 2.75) is 13.1 Å². The molecule has 2 N–H and O–H groups in total. The van der Waals surface area contributed by atoms with Gasteiger partial charge in [-0.15, -0.1) is 0 Å². The van der Waals surface area contributed by atoms with Crippen LogP contribution >= 0.6 is 0 Å². The molecule has 1 aromatic carbocycles. The quantitative estimate of drug-likeness (QED) is 0.700. The number of carbonyl (C=O) groups excluding carboxylic acids is 1. The maximum Gasteiger partial charge on any atom is 0.273 e. The largest absolute Gasteiger partial charge is 0.481 e. The summed E-state index contributed by atoms with van der Waals surface area (Å²) in [4.78, 5) is 40.5. The van der Waals surface area contributed by atoms with Crippen LogP contribution in [0.3, 0.4) is 0 Å². The number of carbonyl (C=O) groups is 1. The van der Waals surface area contributed by atoms with Crippen LogP contribution in [-0.4, -0.2) is 27.8 Å². The maximum atomic E-state index is 12.4. The van der Waals surface area contributed by atoms with Crippen molar-refractivity contribution < 1.29 is 9.53 Å². The number of hydrogen-bond acceptors (Lipinski definition) is 5. The Morgan fingerprint density at radius 3 is 2.76 bits per heavy atom. The highest BCUT2D eigenvalue weighted by Gasteiger charge is 2.10. The Hall–Kier alpha value is -3.42. The molecule has 0 radical (unpaired) electrons. The lowest BCUT2D eigenvalue weighted by atomic mass is 10.2. The molecule has 2 aromatic heterocycles. The molecule has 0 saturated carbocycles. The molecular weight excluding hydrogens is 324 g/mol. The van der Waals surface area contributed by atoms with Crippen molar-refractivity contribution in [2.24, 2.45) is 0 Å². The van der Waals surface area contributed by atoms with Crippen molar-refractivity contribution in [2.75, 3.05) is 7.11 Å². The fourth-order valence-electron chi connectivity index (χ4n) is 2.43. The third-order valence-electron chi connectivity index (χ3n) is 3.68. The standard InChI is InChI=1S/C17H16N4O4/c1-25-15-8-11(6-7-18-15)9-19-14(22)10-21-17(24)13-5-3-2-4-12(13)16(23)20-21/h2-8H,9-10H2,1H3,(H,19,22)(H,20,23). The van der Waals surface area contributed by atoms with E-state index >= 15 is 0 Å². The summed E-state index contributed by atoms with van der Waals surface area (Å²) in [6, 6.07) is 9.92. The fourth-order valence-corrected chi connectivity index (χ4v) is 2.43. The minimum atomic E-state index is -0.420. The molecule has 0 aliphatic rings. The minimum absolute atomic E-state index is 0.254. The van der Waals surface area contributed by atoms with Crippen LogP contribution in [0.5, 0.6) is 5.88 Å². The van der Waals surface area contributed by atoms with E-state index in [1.54, 1.807) is 42.6 Å². The zero-order valence-corrected chi connectivity index (χ0v) is 13.5. The second-order valence-corrected chi connectivity index (χ2v) is 5.36. The number of hydrogen-bond donors (Lipinski definition) is 2. The molecule has 0 bridgehead atoms. The Labute approximate surface area is 142 Å². The highest BCUT2D eigenvalue weighted by Crippen LogP contribution is 2.08. The Balaban J connectivity index is 1.75. The summed E-state index contributed by atoms with van der Waals surface area (Å²) >= 11 is 0. The molecule has 0 saturated heterocycles. The van der Waals surface area contributed by atoms with Crippen molar-refractivity contribution in [3.8, 4) is 5.88 Å². The molecule has 0 spiro atoms. The zero-order chi connectivity index (χ0) is 17.8. The van der Waals surface area contributed by atoms with E-state index in [2.05, 4.69) is 15.4 Å². The summed E-state index contributed by atoms with van der Waals surface area (Å²) < 4.78 is 6.03. The van der Waals surface area contributed by atoms with Crippen LogP contribution in [0.25, 0.3) is 10.8 Å². The molecule has 0 aliphatic carbocycles. The van der Waals surface area contributed by atoms with Crippen molar-refractivity contribution in [3.05, 3.63) is 68.9 Å². The van der Waals surface area contributed by atoms with Gasteiger partial charge in [-0.2, -0.15) is 0 Å². The average Bonchev–Trinajstić information content (AvgIpc) is 2.64. The summed E-state index contributed by atoms with van der Waals surface area (Å²) in [5.41, 5.74) is -0.0302. The first-order valence-corrected chi connectivity index (χ1v) is 7.56. The van der Waals surface area contributed by atoms with E-state index in [4.69, 9.17) is 4.74 Å². The van der Waals surface area contributed by atoms with E-state index in [0.717, 1.165) is 10.2 Å². The fraction of sp³-hybridized carbons (Fsp3) is 0.176. The lowest BCUT2D eigenvalue weighted by molar-refractivity contribution is -0.122. The third-order valence-corrected chi connectivity index (χ3v) is 3.68. The van der Waals surface area contributed by atoms with Crippen LogP contribution < -0.4 is 21.2 Å². The molecule has 0 unspecified atom stereocenters. The first-order valence-electron chi connectivity index (χ1n) is 7.56. The first kappa shape index (κ1) is 16.4. The summed E-state index contributed by atoms with van der Waals surface area (Å²) in [5.74, 6) is 0.0469. The average molecular weight is 340 g/mol. The number of fused-ring (bicyclic) bond motifs is 1. The smallest absolute Gasteiger partial charge is 0.273 e. The monoisotopic (exact) mass is 340 g/mol. The Morgan fingerprint density at radius 1 is 1.24 bits per heavy atom. The highest BCUT2D eigenvalue weighted by molar-refractivity contribution is 5.81. The van der Waals surface area contributed by atoms with Gasteiger partial charge in [-0.25, -0.2) is 9.67 Å². The molecule has 128 valence electrons. The van der Waals surface area contributed by atoms with Crippen LogP contribution in [0.2, 0.25) is 0 Å². The second-order valence-electron chi connectivity index (χ2n) is 5.36. The SMILES string of the molecule is COc1cc(CNC(=O)Cn2[nH]c(=O)c3ccccc3c2=O)ccn1. The van der Waals surface area contributed by atoms with Crippen LogP contribution in [0.4, 0.5) is 0 Å². The Kier molecular flexibility index (Phi) is 4.60. The van der Waals surface area contributed by atoms with Gasteiger partial charge in [0.25, 0.3) is 11.1 Å². The summed E-state index contributed by atoms with van der Waals surface area (Å²) in [6.45, 7) is -0.0224. The second kappa shape index (κ2) is 7.00. The van der Waals surface area contributed by atoms with Gasteiger partial charge in [0.2, 0.25) is 11.8 Å². The van der Waals surface area contributed by atoms with Gasteiger partial charge < -0.3 is 10.1 Å². The van der Waals surface area contributed by atoms with E-state index in [1.807, 2.05) is 0 Å². The number of nitrogens with one attached hydrogen (secondary N) is 2. The Morgan fingerprint density at radius 2 is 2.00 bits per heavy atom. The third kappa shape index (κ3) is 3.57. The normalized spacial score (nSPS) is 10.6. The van der Waals surface area contributed by atoms with Crippen LogP contribution in [0.15, 0.2) is 52.2 Å². The summed E-state index contributed by atoms with van der Waals surface area (Å²) in [5, 5.41) is 5.69. The number of aromatic nitrogens is 3. The lowest BCUT2D eigenvalue weighted by Crippen LogP contribution is -2.36.